The van der Waals surface area contributed by atoms with Crippen molar-refractivity contribution in [2.45, 2.75) is 372 Å². The van der Waals surface area contributed by atoms with Crippen LogP contribution in [0.15, 0.2) is 72.9 Å². The topological polar surface area (TPSA) is 175 Å². The van der Waals surface area contributed by atoms with E-state index in [-0.39, 0.29) is 19.4 Å². The van der Waals surface area contributed by atoms with Crippen molar-refractivity contribution in [3.63, 3.8) is 0 Å². The summed E-state index contributed by atoms with van der Waals surface area (Å²) in [5.41, 5.74) is 0. The van der Waals surface area contributed by atoms with Gasteiger partial charge >= 0.3 is 5.97 Å². The molecule has 85 heavy (non-hydrogen) atoms. The van der Waals surface area contributed by atoms with Gasteiger partial charge < -0.3 is 45.1 Å². The van der Waals surface area contributed by atoms with Gasteiger partial charge in [0.05, 0.1) is 25.4 Å². The molecule has 6 N–H and O–H groups in total. The van der Waals surface area contributed by atoms with E-state index in [0.29, 0.717) is 12.8 Å². The van der Waals surface area contributed by atoms with Crippen molar-refractivity contribution < 1.29 is 49.3 Å². The number of carbonyl (C=O) groups excluding carboxylic acids is 2. The minimum Gasteiger partial charge on any atom is -0.454 e. The quantitative estimate of drug-likeness (QED) is 0.0195. The molecule has 0 aliphatic carbocycles. The van der Waals surface area contributed by atoms with Crippen molar-refractivity contribution in [2.24, 2.45) is 0 Å². The van der Waals surface area contributed by atoms with Crippen molar-refractivity contribution in [2.75, 3.05) is 13.2 Å². The standard InChI is InChI=1S/C74H133NO10/c1-4-7-10-13-16-19-22-24-26-28-30-32-34-36-38-40-42-44-47-50-53-56-59-62-69(79)85-72-71(81)70(80)68(63-76)84-74(72)83-64-65(66(77)60-57-54-51-48-45-21-18-15-12-9-6-3)75-73(82)67(78)61-58-55-52-49-46-43-41-39-37-35-33-31-29-27-25-23-20-17-14-11-8-5-2/h8,11,17,20,25,27,31,33,37,39,57,60,65-68,70-72,74,76-78,80-81H,4-7,9-10,12-16,18-19,21-24,26,28-30,32,34-36,38,40-56,58-59,61-64H2,1-3H3,(H,75,82)/b11-8-,20-17-,27-25-,33-31-,39-37-,60-57+. The first-order chi connectivity index (χ1) is 41.7. The van der Waals surface area contributed by atoms with Crippen LogP contribution in [0.1, 0.15) is 323 Å². The molecule has 0 aromatic heterocycles. The maximum absolute atomic E-state index is 13.5. The smallest absolute Gasteiger partial charge is 0.306 e. The van der Waals surface area contributed by atoms with Crippen LogP contribution in [-0.2, 0) is 23.8 Å². The number of ether oxygens (including phenoxy) is 3. The Bertz CT molecular complexity index is 1660. The van der Waals surface area contributed by atoms with E-state index < -0.39 is 67.4 Å². The van der Waals surface area contributed by atoms with Crippen LogP contribution < -0.4 is 5.32 Å². The molecule has 11 nitrogen and oxygen atoms in total. The maximum Gasteiger partial charge on any atom is 0.306 e. The first kappa shape index (κ1) is 80.1. The van der Waals surface area contributed by atoms with Gasteiger partial charge in [-0.2, -0.15) is 0 Å². The van der Waals surface area contributed by atoms with Gasteiger partial charge in [-0.3, -0.25) is 9.59 Å². The van der Waals surface area contributed by atoms with Gasteiger partial charge in [-0.1, -0.05) is 318 Å². The zero-order valence-corrected chi connectivity index (χ0v) is 55.0. The Morgan fingerprint density at radius 3 is 1.27 bits per heavy atom. The van der Waals surface area contributed by atoms with Crippen molar-refractivity contribution >= 4 is 11.9 Å². The second kappa shape index (κ2) is 61.3. The minimum atomic E-state index is -1.62. The molecular formula is C74H133NO10. The number of esters is 1. The van der Waals surface area contributed by atoms with Crippen LogP contribution in [0.25, 0.3) is 0 Å². The highest BCUT2D eigenvalue weighted by atomic mass is 16.7. The molecule has 0 aromatic carbocycles. The molecule has 1 aliphatic heterocycles. The second-order valence-corrected chi connectivity index (χ2v) is 24.6. The molecule has 0 radical (unpaired) electrons. The molecule has 8 unspecified atom stereocenters. The molecule has 1 fully saturated rings. The van der Waals surface area contributed by atoms with Crippen LogP contribution in [0.4, 0.5) is 0 Å². The number of unbranched alkanes of at least 4 members (excludes halogenated alkanes) is 37. The lowest BCUT2D eigenvalue weighted by Gasteiger charge is -2.41. The fraction of sp³-hybridized carbons (Fsp3) is 0.811. The largest absolute Gasteiger partial charge is 0.454 e. The van der Waals surface area contributed by atoms with Crippen molar-refractivity contribution in [3.05, 3.63) is 72.9 Å². The zero-order valence-electron chi connectivity index (χ0n) is 55.0. The zero-order chi connectivity index (χ0) is 61.7. The lowest BCUT2D eigenvalue weighted by Crippen LogP contribution is -2.61. The van der Waals surface area contributed by atoms with Gasteiger partial charge in [0.1, 0.15) is 24.4 Å². The molecule has 1 saturated heterocycles. The van der Waals surface area contributed by atoms with Gasteiger partial charge in [-0.25, -0.2) is 0 Å². The number of amides is 1. The predicted molar refractivity (Wildman–Crippen MR) is 356 cm³/mol. The average molecular weight is 1200 g/mol. The Hall–Kier alpha value is -2.90. The number of allylic oxidation sites excluding steroid dienone is 11. The van der Waals surface area contributed by atoms with Crippen molar-refractivity contribution in [3.8, 4) is 0 Å². The third-order valence-electron chi connectivity index (χ3n) is 16.6. The summed E-state index contributed by atoms with van der Waals surface area (Å²) >= 11 is 0. The van der Waals surface area contributed by atoms with Gasteiger partial charge in [-0.05, 0) is 70.6 Å². The Labute approximate surface area is 521 Å². The van der Waals surface area contributed by atoms with E-state index in [9.17, 15) is 35.1 Å². The van der Waals surface area contributed by atoms with Crippen molar-refractivity contribution in [1.29, 1.82) is 0 Å². The van der Waals surface area contributed by atoms with Crippen LogP contribution in [0, 0.1) is 0 Å². The van der Waals surface area contributed by atoms with Crippen LogP contribution in [-0.4, -0.2) is 99.6 Å². The molecule has 0 spiro atoms. The molecular weight excluding hydrogens is 1060 g/mol. The van der Waals surface area contributed by atoms with Crippen molar-refractivity contribution in [1.82, 2.24) is 5.32 Å². The summed E-state index contributed by atoms with van der Waals surface area (Å²) in [6.45, 7) is 5.70. The van der Waals surface area contributed by atoms with Gasteiger partial charge in [0.15, 0.2) is 12.4 Å². The SMILES string of the molecule is CC/C=C\C/C=C\C/C=C\C/C=C\C/C=C\CCCCCCCCC(O)C(=O)NC(COC1OC(CO)C(O)C(O)C1OC(=O)CCCCCCCCCCCCCCCCCCCCCCCCC)C(O)/C=C/CCCCCCCCCCC. The van der Waals surface area contributed by atoms with E-state index in [4.69, 9.17) is 14.2 Å². The highest BCUT2D eigenvalue weighted by Crippen LogP contribution is 2.26. The third kappa shape index (κ3) is 48.7. The number of hydrogen-bond donors (Lipinski definition) is 6. The fourth-order valence-corrected chi connectivity index (χ4v) is 11.0. The number of nitrogens with one attached hydrogen (secondary N) is 1. The highest BCUT2D eigenvalue weighted by Gasteiger charge is 2.47. The van der Waals surface area contributed by atoms with E-state index >= 15 is 0 Å². The number of aliphatic hydroxyl groups excluding tert-OH is 5. The van der Waals surface area contributed by atoms with E-state index in [0.717, 1.165) is 109 Å². The number of rotatable bonds is 61. The normalized spacial score (nSPS) is 18.8. The number of hydrogen-bond acceptors (Lipinski definition) is 10. The van der Waals surface area contributed by atoms with Crippen LogP contribution in [0.5, 0.6) is 0 Å². The monoisotopic (exact) mass is 1200 g/mol. The molecule has 11 heteroatoms. The first-order valence-corrected chi connectivity index (χ1v) is 35.7. The molecule has 494 valence electrons. The average Bonchev–Trinajstić information content (AvgIpc) is 3.63. The summed E-state index contributed by atoms with van der Waals surface area (Å²) in [6.07, 6.45) is 69.5. The molecule has 1 amide bonds. The summed E-state index contributed by atoms with van der Waals surface area (Å²) < 4.78 is 17.7. The van der Waals surface area contributed by atoms with Crippen LogP contribution in [0.2, 0.25) is 0 Å². The minimum absolute atomic E-state index is 0.125. The van der Waals surface area contributed by atoms with Gasteiger partial charge in [0.2, 0.25) is 5.91 Å². The molecule has 0 aromatic rings. The maximum atomic E-state index is 13.5. The van der Waals surface area contributed by atoms with Crippen LogP contribution >= 0.6 is 0 Å². The van der Waals surface area contributed by atoms with Crippen LogP contribution in [0.3, 0.4) is 0 Å². The fourth-order valence-electron chi connectivity index (χ4n) is 11.0. The summed E-state index contributed by atoms with van der Waals surface area (Å²) in [5, 5.41) is 57.2. The summed E-state index contributed by atoms with van der Waals surface area (Å²) in [5.74, 6) is -1.20. The molecule has 1 heterocycles. The Kier molecular flexibility index (Phi) is 57.8. The highest BCUT2D eigenvalue weighted by molar-refractivity contribution is 5.80. The van der Waals surface area contributed by atoms with Gasteiger partial charge in [-0.15, -0.1) is 0 Å². The predicted octanol–water partition coefficient (Wildman–Crippen LogP) is 18.3. The molecule has 1 aliphatic rings. The second-order valence-electron chi connectivity index (χ2n) is 24.6. The van der Waals surface area contributed by atoms with E-state index in [1.165, 1.54) is 167 Å². The number of carbonyl (C=O) groups is 2. The summed E-state index contributed by atoms with van der Waals surface area (Å²) in [7, 11) is 0. The Morgan fingerprint density at radius 1 is 0.471 bits per heavy atom. The third-order valence-corrected chi connectivity index (χ3v) is 16.6. The van der Waals surface area contributed by atoms with Gasteiger partial charge in [0, 0.05) is 6.42 Å². The Balaban J connectivity index is 2.56. The molecule has 1 rings (SSSR count). The van der Waals surface area contributed by atoms with Gasteiger partial charge in [0.25, 0.3) is 0 Å². The lowest BCUT2D eigenvalue weighted by molar-refractivity contribution is -0.305. The summed E-state index contributed by atoms with van der Waals surface area (Å²) in [6, 6.07) is -1.03. The summed E-state index contributed by atoms with van der Waals surface area (Å²) in [4.78, 5) is 26.7. The van der Waals surface area contributed by atoms with E-state index in [2.05, 4.69) is 86.8 Å². The molecule has 0 saturated carbocycles. The lowest BCUT2D eigenvalue weighted by atomic mass is 9.99. The number of aliphatic hydroxyl groups is 5. The first-order valence-electron chi connectivity index (χ1n) is 35.7. The Morgan fingerprint density at radius 2 is 0.847 bits per heavy atom. The molecule has 8 atom stereocenters. The molecule has 0 bridgehead atoms. The van der Waals surface area contributed by atoms with E-state index in [1.54, 1.807) is 6.08 Å². The van der Waals surface area contributed by atoms with E-state index in [1.807, 2.05) is 6.08 Å².